The molecule has 0 spiro atoms. The lowest BCUT2D eigenvalue weighted by Crippen LogP contribution is -2.36. The molecule has 1 saturated heterocycles. The molecule has 0 aliphatic carbocycles. The van der Waals surface area contributed by atoms with E-state index in [1.54, 1.807) is 26.0 Å². The highest BCUT2D eigenvalue weighted by Crippen LogP contribution is 2.35. The van der Waals surface area contributed by atoms with Crippen LogP contribution in [0.2, 0.25) is 0 Å². The van der Waals surface area contributed by atoms with Crippen LogP contribution in [0.4, 0.5) is 0 Å². The van der Waals surface area contributed by atoms with Gasteiger partial charge in [-0.1, -0.05) is 6.92 Å². The molecule has 0 aromatic heterocycles. The van der Waals surface area contributed by atoms with Gasteiger partial charge in [0.05, 0.1) is 14.2 Å². The second kappa shape index (κ2) is 10.1. The molecule has 0 bridgehead atoms. The van der Waals surface area contributed by atoms with Gasteiger partial charge in [-0.2, -0.15) is 0 Å². The van der Waals surface area contributed by atoms with Crippen LogP contribution in [-0.4, -0.2) is 51.4 Å². The summed E-state index contributed by atoms with van der Waals surface area (Å²) < 4.78 is 10.8. The molecule has 1 aliphatic rings. The van der Waals surface area contributed by atoms with Gasteiger partial charge in [0.1, 0.15) is 0 Å². The van der Waals surface area contributed by atoms with Gasteiger partial charge < -0.3 is 19.7 Å². The Kier molecular flexibility index (Phi) is 8.10. The maximum atomic E-state index is 12.7. The van der Waals surface area contributed by atoms with E-state index in [2.05, 4.69) is 12.2 Å². The van der Waals surface area contributed by atoms with E-state index >= 15 is 0 Å². The van der Waals surface area contributed by atoms with E-state index in [-0.39, 0.29) is 5.91 Å². The topological polar surface area (TPSA) is 50.8 Å². The first-order valence-electron chi connectivity index (χ1n) is 9.23. The fourth-order valence-electron chi connectivity index (χ4n) is 3.52. The Morgan fingerprint density at radius 1 is 1.35 bits per heavy atom. The van der Waals surface area contributed by atoms with Gasteiger partial charge in [-0.15, -0.1) is 11.8 Å². The maximum Gasteiger partial charge on any atom is 0.222 e. The molecule has 1 N–H and O–H groups in total. The van der Waals surface area contributed by atoms with Crippen molar-refractivity contribution in [2.24, 2.45) is 11.8 Å². The highest BCUT2D eigenvalue weighted by atomic mass is 32.2. The van der Waals surface area contributed by atoms with Gasteiger partial charge in [0.2, 0.25) is 5.91 Å². The van der Waals surface area contributed by atoms with E-state index in [9.17, 15) is 4.79 Å². The number of nitrogens with zero attached hydrogens (tertiary/aromatic N) is 1. The van der Waals surface area contributed by atoms with Gasteiger partial charge in [0, 0.05) is 24.9 Å². The smallest absolute Gasteiger partial charge is 0.222 e. The molecular weight excluding hydrogens is 348 g/mol. The van der Waals surface area contributed by atoms with E-state index in [1.807, 2.05) is 30.3 Å². The monoisotopic (exact) mass is 380 g/mol. The van der Waals surface area contributed by atoms with Gasteiger partial charge in [0.25, 0.3) is 0 Å². The number of hydrogen-bond donors (Lipinski definition) is 1. The lowest BCUT2D eigenvalue weighted by Gasteiger charge is -2.29. The summed E-state index contributed by atoms with van der Waals surface area (Å²) in [6.45, 7) is 4.91. The van der Waals surface area contributed by atoms with Crippen molar-refractivity contribution in [3.63, 3.8) is 0 Å². The highest BCUT2D eigenvalue weighted by molar-refractivity contribution is 7.98. The van der Waals surface area contributed by atoms with E-state index in [4.69, 9.17) is 9.47 Å². The number of piperidine rings is 1. The minimum absolute atomic E-state index is 0.199. The molecule has 1 aromatic carbocycles. The first-order chi connectivity index (χ1) is 12.5. The van der Waals surface area contributed by atoms with Gasteiger partial charge >= 0.3 is 0 Å². The summed E-state index contributed by atoms with van der Waals surface area (Å²) >= 11 is 1.65. The van der Waals surface area contributed by atoms with Crippen molar-refractivity contribution < 1.29 is 14.3 Å². The summed E-state index contributed by atoms with van der Waals surface area (Å²) in [5.41, 5.74) is 1.08. The number of nitrogens with one attached hydrogen (secondary N) is 1. The summed E-state index contributed by atoms with van der Waals surface area (Å²) in [5.74, 6) is 2.62. The zero-order chi connectivity index (χ0) is 19.1. The molecule has 1 fully saturated rings. The number of benzene rings is 1. The summed E-state index contributed by atoms with van der Waals surface area (Å²) in [7, 11) is 5.16. The van der Waals surface area contributed by atoms with Gasteiger partial charge in [-0.25, -0.2) is 0 Å². The number of ether oxygens (including phenoxy) is 2. The molecule has 6 heteroatoms. The van der Waals surface area contributed by atoms with E-state index < -0.39 is 0 Å². The summed E-state index contributed by atoms with van der Waals surface area (Å²) in [6, 6.07) is 3.95. The Labute approximate surface area is 161 Å². The number of carbonyl (C=O) groups excluding carboxylic acids is 1. The van der Waals surface area contributed by atoms with Crippen molar-refractivity contribution in [3.05, 3.63) is 17.7 Å². The second-order valence-corrected chi connectivity index (χ2v) is 7.90. The lowest BCUT2D eigenvalue weighted by molar-refractivity contribution is -0.131. The Morgan fingerprint density at radius 2 is 2.04 bits per heavy atom. The number of methoxy groups -OCH3 is 2. The zero-order valence-electron chi connectivity index (χ0n) is 16.6. The van der Waals surface area contributed by atoms with Gasteiger partial charge in [0.15, 0.2) is 11.5 Å². The predicted molar refractivity (Wildman–Crippen MR) is 107 cm³/mol. The Morgan fingerprint density at radius 3 is 2.62 bits per heavy atom. The third kappa shape index (κ3) is 5.30. The van der Waals surface area contributed by atoms with Crippen molar-refractivity contribution in [3.8, 4) is 11.5 Å². The molecule has 2 atom stereocenters. The van der Waals surface area contributed by atoms with Crippen molar-refractivity contribution in [2.45, 2.75) is 37.6 Å². The molecule has 2 rings (SSSR count). The molecule has 1 aliphatic heterocycles. The molecule has 0 radical (unpaired) electrons. The zero-order valence-corrected chi connectivity index (χ0v) is 17.4. The van der Waals surface area contributed by atoms with Gasteiger partial charge in [-0.3, -0.25) is 4.79 Å². The fraction of sp³-hybridized carbons (Fsp3) is 0.650. The number of amides is 1. The van der Waals surface area contributed by atoms with E-state index in [0.717, 1.165) is 23.5 Å². The van der Waals surface area contributed by atoms with Crippen LogP contribution in [0.25, 0.3) is 0 Å². The number of carbonyl (C=O) groups is 1. The number of hydrogen-bond acceptors (Lipinski definition) is 5. The molecule has 1 amide bonds. The minimum Gasteiger partial charge on any atom is -0.493 e. The largest absolute Gasteiger partial charge is 0.493 e. The molecular formula is C20H32N2O3S. The molecule has 26 heavy (non-hydrogen) atoms. The van der Waals surface area contributed by atoms with Crippen LogP contribution in [0, 0.1) is 11.8 Å². The standard InChI is InChI=1S/C20H32N2O3S/c1-14(15-7-6-8-21-12-15)9-20(23)22(2)13-16-10-17(24-3)18(25-4)11-19(16)26-5/h10-11,14-15,21H,6-9,12-13H2,1-5H3. The van der Waals surface area contributed by atoms with Crippen molar-refractivity contribution in [1.82, 2.24) is 10.2 Å². The molecule has 0 saturated carbocycles. The normalized spacial score (nSPS) is 18.3. The summed E-state index contributed by atoms with van der Waals surface area (Å²) in [4.78, 5) is 15.7. The average Bonchev–Trinajstić information content (AvgIpc) is 2.67. The summed E-state index contributed by atoms with van der Waals surface area (Å²) in [6.07, 6.45) is 5.06. The number of thioether (sulfide) groups is 1. The van der Waals surface area contributed by atoms with Gasteiger partial charge in [-0.05, 0) is 61.7 Å². The molecule has 1 aromatic rings. The Balaban J connectivity index is 2.03. The van der Waals surface area contributed by atoms with Crippen LogP contribution in [0.3, 0.4) is 0 Å². The Bertz CT molecular complexity index is 603. The first-order valence-corrected chi connectivity index (χ1v) is 10.5. The molecule has 146 valence electrons. The third-order valence-corrected chi connectivity index (χ3v) is 6.08. The second-order valence-electron chi connectivity index (χ2n) is 7.06. The van der Waals surface area contributed by atoms with E-state index in [0.29, 0.717) is 36.3 Å². The van der Waals surface area contributed by atoms with Crippen LogP contribution in [0.15, 0.2) is 17.0 Å². The molecule has 5 nitrogen and oxygen atoms in total. The lowest BCUT2D eigenvalue weighted by atomic mass is 9.85. The maximum absolute atomic E-state index is 12.7. The third-order valence-electron chi connectivity index (χ3n) is 5.26. The number of rotatable bonds is 8. The van der Waals surface area contributed by atoms with Crippen molar-refractivity contribution in [2.75, 3.05) is 40.6 Å². The van der Waals surface area contributed by atoms with Crippen LogP contribution in [0.5, 0.6) is 11.5 Å². The van der Waals surface area contributed by atoms with Crippen LogP contribution in [0.1, 0.15) is 31.7 Å². The minimum atomic E-state index is 0.199. The fourth-order valence-corrected chi connectivity index (χ4v) is 4.13. The van der Waals surface area contributed by atoms with Crippen molar-refractivity contribution >= 4 is 17.7 Å². The molecule has 2 unspecified atom stereocenters. The predicted octanol–water partition coefficient (Wildman–Crippen LogP) is 3.41. The molecule has 1 heterocycles. The Hall–Kier alpha value is -1.40. The van der Waals surface area contributed by atoms with E-state index in [1.165, 1.54) is 12.8 Å². The highest BCUT2D eigenvalue weighted by Gasteiger charge is 2.24. The SMILES string of the molecule is COc1cc(CN(C)C(=O)CC(C)C2CCCNC2)c(SC)cc1OC. The first kappa shape index (κ1) is 20.9. The van der Waals surface area contributed by atoms with Crippen LogP contribution < -0.4 is 14.8 Å². The van der Waals surface area contributed by atoms with Crippen molar-refractivity contribution in [1.29, 1.82) is 0 Å². The quantitative estimate of drug-likeness (QED) is 0.701. The van der Waals surface area contributed by atoms with Crippen LogP contribution >= 0.6 is 11.8 Å². The average molecular weight is 381 g/mol. The van der Waals surface area contributed by atoms with Crippen LogP contribution in [-0.2, 0) is 11.3 Å². The summed E-state index contributed by atoms with van der Waals surface area (Å²) in [5, 5.41) is 3.44.